The number of carbonyl (C=O) groups is 1. The van der Waals surface area contributed by atoms with Gasteiger partial charge in [-0.2, -0.15) is 0 Å². The molecule has 4 nitrogen and oxygen atoms in total. The molecule has 0 amide bonds. The van der Waals surface area contributed by atoms with Crippen LogP contribution in [0.1, 0.15) is 38.8 Å². The molecule has 1 atom stereocenters. The number of benzene rings is 2. The lowest BCUT2D eigenvalue weighted by Crippen LogP contribution is -2.33. The summed E-state index contributed by atoms with van der Waals surface area (Å²) in [5.41, 5.74) is 1.98. The van der Waals surface area contributed by atoms with Gasteiger partial charge in [0.2, 0.25) is 0 Å². The zero-order chi connectivity index (χ0) is 19.7. The molecule has 0 aliphatic heterocycles. The highest BCUT2D eigenvalue weighted by atomic mass is 16.6. The third-order valence-corrected chi connectivity index (χ3v) is 3.94. The zero-order valence-electron chi connectivity index (χ0n) is 16.8. The lowest BCUT2D eigenvalue weighted by molar-refractivity contribution is -0.153. The summed E-state index contributed by atoms with van der Waals surface area (Å²) in [5.74, 6) is 1.08. The summed E-state index contributed by atoms with van der Waals surface area (Å²) >= 11 is 0. The summed E-state index contributed by atoms with van der Waals surface area (Å²) in [6, 6.07) is 18.4. The normalized spacial score (nSPS) is 12.4. The highest BCUT2D eigenvalue weighted by molar-refractivity contribution is 5.72. The molecule has 4 heteroatoms. The highest BCUT2D eigenvalue weighted by Crippen LogP contribution is 2.16. The number of carbonyl (C=O) groups excluding carboxylic acids is 1. The van der Waals surface area contributed by atoms with Crippen LogP contribution in [0.4, 0.5) is 0 Å². The van der Waals surface area contributed by atoms with Gasteiger partial charge in [-0.1, -0.05) is 49.4 Å². The number of nitrogens with one attached hydrogen (secondary N) is 1. The molecule has 27 heavy (non-hydrogen) atoms. The number of hydrogen-bond acceptors (Lipinski definition) is 4. The van der Waals surface area contributed by atoms with Gasteiger partial charge in [0.1, 0.15) is 18.0 Å². The maximum atomic E-state index is 11.7. The Kier molecular flexibility index (Phi) is 7.86. The topological polar surface area (TPSA) is 47.6 Å². The van der Waals surface area contributed by atoms with Crippen molar-refractivity contribution in [2.75, 3.05) is 13.1 Å². The second kappa shape index (κ2) is 10.1. The molecule has 0 fully saturated rings. The number of ether oxygens (including phenoxy) is 2. The van der Waals surface area contributed by atoms with Crippen LogP contribution in [0.15, 0.2) is 54.6 Å². The summed E-state index contributed by atoms with van der Waals surface area (Å²) in [5, 5.41) is 3.18. The molecule has 0 radical (unpaired) electrons. The largest absolute Gasteiger partial charge is 0.489 e. The fourth-order valence-corrected chi connectivity index (χ4v) is 2.74. The van der Waals surface area contributed by atoms with Gasteiger partial charge in [-0.05, 0) is 62.9 Å². The number of hydrogen-bond donors (Lipinski definition) is 1. The number of rotatable bonds is 9. The van der Waals surface area contributed by atoms with Crippen molar-refractivity contribution < 1.29 is 14.3 Å². The molecule has 0 saturated heterocycles. The molecular weight excluding hydrogens is 338 g/mol. The van der Waals surface area contributed by atoms with Crippen molar-refractivity contribution >= 4 is 5.97 Å². The molecule has 0 spiro atoms. The Labute approximate surface area is 162 Å². The van der Waals surface area contributed by atoms with Crippen molar-refractivity contribution in [3.8, 4) is 5.75 Å². The standard InChI is InChI=1S/C23H31NO3/c1-18(15-24-16-22(25)27-23(2,3)4)14-19-10-12-21(13-11-19)26-17-20-8-6-5-7-9-20/h5-13,18,24H,14-17H2,1-4H3/t18-/m1/s1. The van der Waals surface area contributed by atoms with Crippen LogP contribution < -0.4 is 10.1 Å². The molecule has 0 bridgehead atoms. The average Bonchev–Trinajstić information content (AvgIpc) is 2.60. The quantitative estimate of drug-likeness (QED) is 0.667. The van der Waals surface area contributed by atoms with Gasteiger partial charge in [-0.25, -0.2) is 0 Å². The minimum atomic E-state index is -0.436. The maximum Gasteiger partial charge on any atom is 0.320 e. The van der Waals surface area contributed by atoms with Crippen LogP contribution in [0, 0.1) is 5.92 Å². The molecule has 0 aliphatic rings. The van der Waals surface area contributed by atoms with Crippen LogP contribution in [0.5, 0.6) is 5.75 Å². The molecule has 146 valence electrons. The Morgan fingerprint density at radius 3 is 2.30 bits per heavy atom. The van der Waals surface area contributed by atoms with E-state index in [1.807, 2.05) is 51.1 Å². The third kappa shape index (κ3) is 8.74. The predicted molar refractivity (Wildman–Crippen MR) is 109 cm³/mol. The Hall–Kier alpha value is -2.33. The van der Waals surface area contributed by atoms with E-state index in [-0.39, 0.29) is 12.5 Å². The summed E-state index contributed by atoms with van der Waals surface area (Å²) in [6.45, 7) is 9.38. The molecule has 2 aromatic carbocycles. The lowest BCUT2D eigenvalue weighted by atomic mass is 10.0. The predicted octanol–water partition coefficient (Wildman–Crippen LogP) is 4.38. The van der Waals surface area contributed by atoms with E-state index in [0.717, 1.165) is 24.3 Å². The van der Waals surface area contributed by atoms with Crippen molar-refractivity contribution in [3.05, 3.63) is 65.7 Å². The van der Waals surface area contributed by atoms with E-state index >= 15 is 0 Å². The maximum absolute atomic E-state index is 11.7. The van der Waals surface area contributed by atoms with Gasteiger partial charge in [0.05, 0.1) is 6.54 Å². The van der Waals surface area contributed by atoms with Gasteiger partial charge in [0.25, 0.3) is 0 Å². The Morgan fingerprint density at radius 1 is 1.00 bits per heavy atom. The van der Waals surface area contributed by atoms with Gasteiger partial charge in [0.15, 0.2) is 0 Å². The van der Waals surface area contributed by atoms with Crippen LogP contribution >= 0.6 is 0 Å². The Balaban J connectivity index is 1.70. The fraction of sp³-hybridized carbons (Fsp3) is 0.435. The first-order valence-electron chi connectivity index (χ1n) is 9.50. The fourth-order valence-electron chi connectivity index (χ4n) is 2.74. The lowest BCUT2D eigenvalue weighted by Gasteiger charge is -2.20. The van der Waals surface area contributed by atoms with Gasteiger partial charge in [0, 0.05) is 0 Å². The first-order chi connectivity index (χ1) is 12.8. The molecule has 1 N–H and O–H groups in total. The van der Waals surface area contributed by atoms with Crippen LogP contribution in [-0.2, 0) is 22.6 Å². The molecule has 0 aliphatic carbocycles. The minimum Gasteiger partial charge on any atom is -0.489 e. The summed E-state index contributed by atoms with van der Waals surface area (Å²) in [6.07, 6.45) is 0.945. The smallest absolute Gasteiger partial charge is 0.320 e. The van der Waals surface area contributed by atoms with E-state index in [2.05, 4.69) is 36.5 Å². The summed E-state index contributed by atoms with van der Waals surface area (Å²) < 4.78 is 11.1. The van der Waals surface area contributed by atoms with Gasteiger partial charge < -0.3 is 14.8 Å². The van der Waals surface area contributed by atoms with Crippen molar-refractivity contribution in [1.82, 2.24) is 5.32 Å². The van der Waals surface area contributed by atoms with Crippen LogP contribution in [0.3, 0.4) is 0 Å². The van der Waals surface area contributed by atoms with E-state index in [0.29, 0.717) is 12.5 Å². The van der Waals surface area contributed by atoms with Crippen LogP contribution in [0.2, 0.25) is 0 Å². The van der Waals surface area contributed by atoms with Crippen LogP contribution in [-0.4, -0.2) is 24.7 Å². The Bertz CT molecular complexity index is 690. The van der Waals surface area contributed by atoms with Gasteiger partial charge in [-0.3, -0.25) is 4.79 Å². The number of esters is 1. The molecule has 2 aromatic rings. The van der Waals surface area contributed by atoms with E-state index in [1.54, 1.807) is 0 Å². The van der Waals surface area contributed by atoms with Crippen molar-refractivity contribution in [3.63, 3.8) is 0 Å². The molecule has 0 aromatic heterocycles. The van der Waals surface area contributed by atoms with Crippen molar-refractivity contribution in [2.24, 2.45) is 5.92 Å². The second-order valence-electron chi connectivity index (χ2n) is 7.94. The molecule has 0 saturated carbocycles. The van der Waals surface area contributed by atoms with Gasteiger partial charge in [-0.15, -0.1) is 0 Å². The van der Waals surface area contributed by atoms with Crippen LogP contribution in [0.25, 0.3) is 0 Å². The first-order valence-corrected chi connectivity index (χ1v) is 9.50. The van der Waals surface area contributed by atoms with E-state index in [1.165, 1.54) is 5.56 Å². The van der Waals surface area contributed by atoms with Gasteiger partial charge >= 0.3 is 5.97 Å². The molecule has 0 heterocycles. The molecule has 2 rings (SSSR count). The average molecular weight is 370 g/mol. The third-order valence-electron chi connectivity index (χ3n) is 3.94. The van der Waals surface area contributed by atoms with Crippen molar-refractivity contribution in [1.29, 1.82) is 0 Å². The molecular formula is C23H31NO3. The van der Waals surface area contributed by atoms with E-state index in [9.17, 15) is 4.79 Å². The Morgan fingerprint density at radius 2 is 1.67 bits per heavy atom. The first kappa shape index (κ1) is 21.0. The zero-order valence-corrected chi connectivity index (χ0v) is 16.8. The monoisotopic (exact) mass is 369 g/mol. The summed E-state index contributed by atoms with van der Waals surface area (Å²) in [4.78, 5) is 11.7. The SMILES string of the molecule is C[C@@H](CNCC(=O)OC(C)(C)C)Cc1ccc(OCc2ccccc2)cc1. The minimum absolute atomic E-state index is 0.213. The highest BCUT2D eigenvalue weighted by Gasteiger charge is 2.16. The van der Waals surface area contributed by atoms with Crippen molar-refractivity contribution in [2.45, 2.75) is 46.3 Å². The second-order valence-corrected chi connectivity index (χ2v) is 7.94. The van der Waals surface area contributed by atoms with E-state index < -0.39 is 5.60 Å². The summed E-state index contributed by atoms with van der Waals surface area (Å²) in [7, 11) is 0. The van der Waals surface area contributed by atoms with E-state index in [4.69, 9.17) is 9.47 Å². The molecule has 0 unspecified atom stereocenters.